The average Bonchev–Trinajstić information content (AvgIpc) is 2.69. The molecule has 0 unspecified atom stereocenters. The number of anilines is 1. The van der Waals surface area contributed by atoms with Crippen molar-refractivity contribution >= 4 is 17.6 Å². The molecule has 20 heavy (non-hydrogen) atoms. The Hall–Kier alpha value is -1.67. The Morgan fingerprint density at radius 1 is 1.25 bits per heavy atom. The molecule has 0 atom stereocenters. The summed E-state index contributed by atoms with van der Waals surface area (Å²) in [5, 5.41) is 9.72. The van der Waals surface area contributed by atoms with E-state index in [1.54, 1.807) is 6.07 Å². The van der Waals surface area contributed by atoms with Gasteiger partial charge in [-0.25, -0.2) is 15.8 Å². The van der Waals surface area contributed by atoms with Gasteiger partial charge in [-0.15, -0.1) is 10.2 Å². The normalized spacial score (nSPS) is 11.7. The first kappa shape index (κ1) is 14.7. The quantitative estimate of drug-likeness (QED) is 0.504. The summed E-state index contributed by atoms with van der Waals surface area (Å²) in [5.41, 5.74) is 2.42. The second kappa shape index (κ2) is 5.37. The fraction of sp³-hybridized carbons (Fsp3) is 0.500. The number of aryl methyl sites for hydroxylation is 1. The number of nitrogen functional groups attached to an aromatic ring is 1. The molecule has 0 radical (unpaired) electrons. The molecule has 0 spiro atoms. The maximum atomic E-state index is 5.48. The van der Waals surface area contributed by atoms with Gasteiger partial charge in [-0.1, -0.05) is 20.8 Å². The zero-order valence-electron chi connectivity index (χ0n) is 12.3. The van der Waals surface area contributed by atoms with Crippen molar-refractivity contribution in [3.05, 3.63) is 17.7 Å². The molecule has 2 aromatic heterocycles. The number of rotatable bonds is 3. The van der Waals surface area contributed by atoms with Crippen LogP contribution in [0, 0.1) is 6.92 Å². The molecule has 0 aliphatic heterocycles. The number of aromatic nitrogens is 5. The van der Waals surface area contributed by atoms with Crippen molar-refractivity contribution in [2.75, 3.05) is 5.43 Å². The van der Waals surface area contributed by atoms with Gasteiger partial charge in [0.25, 0.3) is 0 Å². The third-order valence-electron chi connectivity index (χ3n) is 2.77. The first-order valence-electron chi connectivity index (χ1n) is 6.21. The van der Waals surface area contributed by atoms with Crippen LogP contribution < -0.4 is 11.3 Å². The Balaban J connectivity index is 2.39. The van der Waals surface area contributed by atoms with E-state index in [4.69, 9.17) is 5.84 Å². The van der Waals surface area contributed by atoms with E-state index in [1.165, 1.54) is 11.8 Å². The Kier molecular flexibility index (Phi) is 3.96. The van der Waals surface area contributed by atoms with Gasteiger partial charge in [0.2, 0.25) is 0 Å². The molecular weight excluding hydrogens is 274 g/mol. The lowest BCUT2D eigenvalue weighted by molar-refractivity contribution is 0.539. The molecule has 0 saturated heterocycles. The van der Waals surface area contributed by atoms with Crippen LogP contribution >= 0.6 is 11.8 Å². The van der Waals surface area contributed by atoms with Crippen molar-refractivity contribution < 1.29 is 0 Å². The summed E-state index contributed by atoms with van der Waals surface area (Å²) in [5.74, 6) is 7.65. The third-order valence-corrected chi connectivity index (χ3v) is 3.73. The molecule has 7 nitrogen and oxygen atoms in total. The topological polar surface area (TPSA) is 94.5 Å². The molecule has 2 aromatic rings. The van der Waals surface area contributed by atoms with Gasteiger partial charge < -0.3 is 9.99 Å². The Morgan fingerprint density at radius 3 is 2.45 bits per heavy atom. The predicted octanol–water partition coefficient (Wildman–Crippen LogP) is 1.65. The van der Waals surface area contributed by atoms with Gasteiger partial charge in [-0.3, -0.25) is 0 Å². The van der Waals surface area contributed by atoms with Crippen molar-refractivity contribution in [2.45, 2.75) is 43.3 Å². The van der Waals surface area contributed by atoms with Gasteiger partial charge in [-0.2, -0.15) is 0 Å². The molecule has 0 aromatic carbocycles. The van der Waals surface area contributed by atoms with E-state index in [2.05, 4.69) is 46.4 Å². The van der Waals surface area contributed by atoms with Gasteiger partial charge in [0.05, 0.1) is 0 Å². The SMILES string of the molecule is Cc1nnc(Sc2cc(NN)nc(C(C)(C)C)n2)n1C. The van der Waals surface area contributed by atoms with E-state index in [1.807, 2.05) is 18.5 Å². The van der Waals surface area contributed by atoms with Crippen LogP contribution in [0.3, 0.4) is 0 Å². The number of nitrogens with two attached hydrogens (primary N) is 1. The van der Waals surface area contributed by atoms with Crippen LogP contribution in [-0.2, 0) is 12.5 Å². The van der Waals surface area contributed by atoms with Crippen LogP contribution in [0.1, 0.15) is 32.4 Å². The standard InChI is InChI=1S/C12H19N7S/c1-7-17-18-11(19(7)5)20-9-6-8(16-13)14-10(15-9)12(2,3)4/h6H,13H2,1-5H3,(H,14,15,16). The highest BCUT2D eigenvalue weighted by molar-refractivity contribution is 7.99. The lowest BCUT2D eigenvalue weighted by Crippen LogP contribution is -2.19. The zero-order valence-corrected chi connectivity index (χ0v) is 13.1. The van der Waals surface area contributed by atoms with Crippen LogP contribution in [0.15, 0.2) is 16.2 Å². The number of hydrogen-bond acceptors (Lipinski definition) is 7. The molecule has 0 saturated carbocycles. The number of nitrogens with zero attached hydrogens (tertiary/aromatic N) is 5. The van der Waals surface area contributed by atoms with Crippen LogP contribution in [0.5, 0.6) is 0 Å². The largest absolute Gasteiger partial charge is 0.309 e. The smallest absolute Gasteiger partial charge is 0.197 e. The van der Waals surface area contributed by atoms with Crippen molar-refractivity contribution in [2.24, 2.45) is 12.9 Å². The molecule has 3 N–H and O–H groups in total. The summed E-state index contributed by atoms with van der Waals surface area (Å²) in [6.07, 6.45) is 0. The van der Waals surface area contributed by atoms with E-state index in [0.717, 1.165) is 21.8 Å². The lowest BCUT2D eigenvalue weighted by atomic mass is 9.96. The van der Waals surface area contributed by atoms with Gasteiger partial charge in [0.15, 0.2) is 5.16 Å². The molecule has 0 aliphatic rings. The minimum atomic E-state index is -0.155. The number of hydrogen-bond donors (Lipinski definition) is 2. The van der Waals surface area contributed by atoms with Gasteiger partial charge >= 0.3 is 0 Å². The first-order chi connectivity index (χ1) is 9.31. The summed E-state index contributed by atoms with van der Waals surface area (Å²) in [7, 11) is 1.92. The second-order valence-corrected chi connectivity index (χ2v) is 6.49. The molecule has 0 bridgehead atoms. The molecule has 0 aliphatic carbocycles. The summed E-state index contributed by atoms with van der Waals surface area (Å²) < 4.78 is 1.92. The van der Waals surface area contributed by atoms with Crippen LogP contribution in [0.4, 0.5) is 5.82 Å². The fourth-order valence-corrected chi connectivity index (χ4v) is 2.30. The van der Waals surface area contributed by atoms with E-state index in [-0.39, 0.29) is 5.41 Å². The van der Waals surface area contributed by atoms with E-state index in [0.29, 0.717) is 5.82 Å². The first-order valence-corrected chi connectivity index (χ1v) is 7.03. The molecule has 108 valence electrons. The highest BCUT2D eigenvalue weighted by Gasteiger charge is 2.20. The molecular formula is C12H19N7S. The van der Waals surface area contributed by atoms with Crippen LogP contribution in [0.2, 0.25) is 0 Å². The van der Waals surface area contributed by atoms with E-state index >= 15 is 0 Å². The Labute approximate surface area is 122 Å². The highest BCUT2D eigenvalue weighted by Crippen LogP contribution is 2.28. The molecule has 0 fully saturated rings. The van der Waals surface area contributed by atoms with Crippen LogP contribution in [0.25, 0.3) is 0 Å². The number of hydrazine groups is 1. The van der Waals surface area contributed by atoms with E-state index < -0.39 is 0 Å². The lowest BCUT2D eigenvalue weighted by Gasteiger charge is -2.18. The zero-order chi connectivity index (χ0) is 14.9. The maximum Gasteiger partial charge on any atom is 0.197 e. The summed E-state index contributed by atoms with van der Waals surface area (Å²) in [6.45, 7) is 8.08. The Morgan fingerprint density at radius 2 is 1.95 bits per heavy atom. The summed E-state index contributed by atoms with van der Waals surface area (Å²) in [4.78, 5) is 8.96. The third kappa shape index (κ3) is 3.07. The maximum absolute atomic E-state index is 5.48. The minimum absolute atomic E-state index is 0.155. The van der Waals surface area contributed by atoms with Crippen molar-refractivity contribution in [1.82, 2.24) is 24.7 Å². The molecule has 2 heterocycles. The summed E-state index contributed by atoms with van der Waals surface area (Å²) >= 11 is 1.44. The minimum Gasteiger partial charge on any atom is -0.309 e. The average molecular weight is 293 g/mol. The van der Waals surface area contributed by atoms with Crippen molar-refractivity contribution in [3.63, 3.8) is 0 Å². The van der Waals surface area contributed by atoms with Crippen molar-refractivity contribution in [1.29, 1.82) is 0 Å². The number of nitrogens with one attached hydrogen (secondary N) is 1. The molecule has 8 heteroatoms. The van der Waals surface area contributed by atoms with Gasteiger partial charge in [-0.05, 0) is 18.7 Å². The van der Waals surface area contributed by atoms with Gasteiger partial charge in [0.1, 0.15) is 22.5 Å². The Bertz CT molecular complexity index is 615. The molecule has 2 rings (SSSR count). The predicted molar refractivity (Wildman–Crippen MR) is 78.4 cm³/mol. The second-order valence-electron chi connectivity index (χ2n) is 5.50. The monoisotopic (exact) mass is 293 g/mol. The highest BCUT2D eigenvalue weighted by atomic mass is 32.2. The fourth-order valence-electron chi connectivity index (χ4n) is 1.46. The van der Waals surface area contributed by atoms with Gasteiger partial charge in [0, 0.05) is 18.5 Å². The van der Waals surface area contributed by atoms with Crippen molar-refractivity contribution in [3.8, 4) is 0 Å². The summed E-state index contributed by atoms with van der Waals surface area (Å²) in [6, 6.07) is 1.80. The van der Waals surface area contributed by atoms with Crippen LogP contribution in [-0.4, -0.2) is 24.7 Å². The van der Waals surface area contributed by atoms with E-state index in [9.17, 15) is 0 Å². The molecule has 0 amide bonds.